The minimum absolute atomic E-state index is 0.0504. The van der Waals surface area contributed by atoms with Crippen molar-refractivity contribution in [1.29, 1.82) is 0 Å². The predicted octanol–water partition coefficient (Wildman–Crippen LogP) is 5.62. The van der Waals surface area contributed by atoms with Crippen molar-refractivity contribution in [2.24, 2.45) is 0 Å². The second-order valence-corrected chi connectivity index (χ2v) is 7.64. The van der Waals surface area contributed by atoms with Crippen LogP contribution in [-0.4, -0.2) is 21.7 Å². The number of carbonyl (C=O) groups is 1. The van der Waals surface area contributed by atoms with Gasteiger partial charge in [-0.1, -0.05) is 92.6 Å². The first kappa shape index (κ1) is 17.2. The number of hydrogen-bond donors (Lipinski definition) is 0. The van der Waals surface area contributed by atoms with Gasteiger partial charge in [0, 0.05) is 6.54 Å². The van der Waals surface area contributed by atoms with Gasteiger partial charge in [0.2, 0.25) is 0 Å². The number of benzene rings is 2. The molecule has 1 fully saturated rings. The van der Waals surface area contributed by atoms with E-state index in [0.29, 0.717) is 4.32 Å². The van der Waals surface area contributed by atoms with Crippen LogP contribution in [-0.2, 0) is 4.79 Å². The molecule has 2 aromatic carbocycles. The second-order valence-electron chi connectivity index (χ2n) is 5.96. The summed E-state index contributed by atoms with van der Waals surface area (Å²) in [6.07, 6.45) is 6.55. The first-order valence-electron chi connectivity index (χ1n) is 8.44. The number of fused-ring (bicyclic) bond motifs is 1. The Morgan fingerprint density at radius 1 is 1.08 bits per heavy atom. The fourth-order valence-electron chi connectivity index (χ4n) is 2.91. The maximum absolute atomic E-state index is 12.7. The Balaban J connectivity index is 1.80. The van der Waals surface area contributed by atoms with Crippen molar-refractivity contribution in [3.8, 4) is 0 Å². The van der Waals surface area contributed by atoms with Gasteiger partial charge >= 0.3 is 0 Å². The average molecular weight is 356 g/mol. The van der Waals surface area contributed by atoms with Crippen molar-refractivity contribution in [3.63, 3.8) is 0 Å². The highest BCUT2D eigenvalue weighted by Gasteiger charge is 2.31. The summed E-state index contributed by atoms with van der Waals surface area (Å²) in [6.45, 7) is 2.92. The third-order valence-electron chi connectivity index (χ3n) is 4.22. The fourth-order valence-corrected chi connectivity index (χ4v) is 4.21. The van der Waals surface area contributed by atoms with E-state index in [4.69, 9.17) is 12.2 Å². The number of amides is 1. The maximum atomic E-state index is 12.7. The van der Waals surface area contributed by atoms with Crippen LogP contribution in [0.5, 0.6) is 0 Å². The molecule has 24 heavy (non-hydrogen) atoms. The van der Waals surface area contributed by atoms with E-state index in [2.05, 4.69) is 31.2 Å². The predicted molar refractivity (Wildman–Crippen MR) is 108 cm³/mol. The zero-order valence-electron chi connectivity index (χ0n) is 13.8. The Bertz CT molecular complexity index is 792. The van der Waals surface area contributed by atoms with Crippen LogP contribution < -0.4 is 0 Å². The van der Waals surface area contributed by atoms with Crippen LogP contribution in [0.1, 0.15) is 38.2 Å². The summed E-state index contributed by atoms with van der Waals surface area (Å²) in [4.78, 5) is 15.2. The lowest BCUT2D eigenvalue weighted by Gasteiger charge is -2.13. The van der Waals surface area contributed by atoms with Crippen LogP contribution in [0.25, 0.3) is 16.8 Å². The molecule has 0 aliphatic carbocycles. The minimum atomic E-state index is 0.0504. The fraction of sp³-hybridized carbons (Fsp3) is 0.300. The summed E-state index contributed by atoms with van der Waals surface area (Å²) in [5.74, 6) is 0.0504. The molecule has 1 saturated heterocycles. The molecule has 1 aliphatic heterocycles. The molecule has 0 spiro atoms. The van der Waals surface area contributed by atoms with Gasteiger partial charge in [0.05, 0.1) is 4.91 Å². The van der Waals surface area contributed by atoms with E-state index < -0.39 is 0 Å². The largest absolute Gasteiger partial charge is 0.293 e. The Kier molecular flexibility index (Phi) is 5.69. The van der Waals surface area contributed by atoms with Gasteiger partial charge in [0.25, 0.3) is 5.91 Å². The number of nitrogens with zero attached hydrogens (tertiary/aromatic N) is 1. The van der Waals surface area contributed by atoms with Crippen molar-refractivity contribution in [2.45, 2.75) is 32.6 Å². The highest BCUT2D eigenvalue weighted by atomic mass is 32.2. The molecule has 4 heteroatoms. The zero-order valence-corrected chi connectivity index (χ0v) is 15.5. The van der Waals surface area contributed by atoms with E-state index in [9.17, 15) is 4.79 Å². The van der Waals surface area contributed by atoms with Crippen LogP contribution in [0.4, 0.5) is 0 Å². The van der Waals surface area contributed by atoms with Crippen molar-refractivity contribution >= 4 is 51.1 Å². The Morgan fingerprint density at radius 2 is 1.88 bits per heavy atom. The van der Waals surface area contributed by atoms with E-state index in [1.54, 1.807) is 4.90 Å². The molecule has 2 aromatic rings. The molecule has 1 heterocycles. The summed E-state index contributed by atoms with van der Waals surface area (Å²) in [5, 5.41) is 2.34. The Hall–Kier alpha value is -1.65. The monoisotopic (exact) mass is 355 g/mol. The molecule has 0 aromatic heterocycles. The number of thiocarbonyl (C=S) groups is 1. The van der Waals surface area contributed by atoms with E-state index in [-0.39, 0.29) is 5.91 Å². The van der Waals surface area contributed by atoms with Gasteiger partial charge in [-0.25, -0.2) is 0 Å². The number of unbranched alkanes of at least 4 members (excludes halogenated alkanes) is 3. The van der Waals surface area contributed by atoms with E-state index in [1.165, 1.54) is 30.0 Å². The molecule has 3 rings (SSSR count). The smallest absolute Gasteiger partial charge is 0.266 e. The number of hydrogen-bond acceptors (Lipinski definition) is 3. The lowest BCUT2D eigenvalue weighted by Crippen LogP contribution is -2.28. The number of carbonyl (C=O) groups excluding carboxylic acids is 1. The molecule has 0 unspecified atom stereocenters. The second kappa shape index (κ2) is 7.95. The summed E-state index contributed by atoms with van der Waals surface area (Å²) in [6, 6.07) is 14.4. The average Bonchev–Trinajstić information content (AvgIpc) is 2.86. The van der Waals surface area contributed by atoms with Gasteiger partial charge in [-0.2, -0.15) is 0 Å². The van der Waals surface area contributed by atoms with Crippen LogP contribution in [0.3, 0.4) is 0 Å². The summed E-state index contributed by atoms with van der Waals surface area (Å²) < 4.78 is 0.683. The molecule has 2 nitrogen and oxygen atoms in total. The van der Waals surface area contributed by atoms with Crippen molar-refractivity contribution in [1.82, 2.24) is 4.90 Å². The standard InChI is InChI=1S/C20H21NOS2/c1-2-3-4-7-13-21-19(22)18(24-20(21)23)14-16-11-8-10-15-9-5-6-12-17(15)16/h5-6,8-12,14H,2-4,7,13H2,1H3/b18-14-. The first-order valence-corrected chi connectivity index (χ1v) is 9.66. The molecule has 1 aliphatic rings. The summed E-state index contributed by atoms with van der Waals surface area (Å²) in [7, 11) is 0. The maximum Gasteiger partial charge on any atom is 0.266 e. The topological polar surface area (TPSA) is 20.3 Å². The summed E-state index contributed by atoms with van der Waals surface area (Å²) >= 11 is 6.83. The van der Waals surface area contributed by atoms with Gasteiger partial charge in [0.1, 0.15) is 4.32 Å². The van der Waals surface area contributed by atoms with Crippen molar-refractivity contribution < 1.29 is 4.79 Å². The van der Waals surface area contributed by atoms with Gasteiger partial charge < -0.3 is 0 Å². The lowest BCUT2D eigenvalue weighted by molar-refractivity contribution is -0.122. The molecule has 0 radical (unpaired) electrons. The molecule has 124 valence electrons. The van der Waals surface area contributed by atoms with Gasteiger partial charge in [-0.3, -0.25) is 9.69 Å². The normalized spacial score (nSPS) is 16.5. The van der Waals surface area contributed by atoms with Gasteiger partial charge in [-0.15, -0.1) is 0 Å². The third-order valence-corrected chi connectivity index (χ3v) is 5.60. The van der Waals surface area contributed by atoms with E-state index >= 15 is 0 Å². The molecule has 0 bridgehead atoms. The first-order chi connectivity index (χ1) is 11.7. The van der Waals surface area contributed by atoms with Crippen LogP contribution >= 0.6 is 24.0 Å². The number of rotatable bonds is 6. The van der Waals surface area contributed by atoms with Gasteiger partial charge in [-0.05, 0) is 28.8 Å². The molecule has 0 N–H and O–H groups in total. The van der Waals surface area contributed by atoms with Crippen molar-refractivity contribution in [3.05, 3.63) is 52.9 Å². The molecular formula is C20H21NOS2. The Morgan fingerprint density at radius 3 is 2.71 bits per heavy atom. The SMILES string of the molecule is CCCCCCN1C(=O)/C(=C/c2cccc3ccccc23)SC1=S. The lowest BCUT2D eigenvalue weighted by atomic mass is 10.0. The van der Waals surface area contributed by atoms with Gasteiger partial charge in [0.15, 0.2) is 0 Å². The Labute approximate surface area is 152 Å². The highest BCUT2D eigenvalue weighted by molar-refractivity contribution is 8.26. The van der Waals surface area contributed by atoms with Crippen molar-refractivity contribution in [2.75, 3.05) is 6.54 Å². The third kappa shape index (κ3) is 3.70. The zero-order chi connectivity index (χ0) is 16.9. The molecule has 1 amide bonds. The highest BCUT2D eigenvalue weighted by Crippen LogP contribution is 2.34. The van der Waals surface area contributed by atoms with Crippen LogP contribution in [0, 0.1) is 0 Å². The molecular weight excluding hydrogens is 334 g/mol. The van der Waals surface area contributed by atoms with E-state index in [0.717, 1.165) is 35.2 Å². The quantitative estimate of drug-likeness (QED) is 0.381. The van der Waals surface area contributed by atoms with Crippen LogP contribution in [0.15, 0.2) is 47.4 Å². The van der Waals surface area contributed by atoms with Crippen LogP contribution in [0.2, 0.25) is 0 Å². The minimum Gasteiger partial charge on any atom is -0.293 e. The summed E-state index contributed by atoms with van der Waals surface area (Å²) in [5.41, 5.74) is 1.07. The molecule has 0 saturated carbocycles. The molecule has 0 atom stereocenters. The van der Waals surface area contributed by atoms with E-state index in [1.807, 2.05) is 24.3 Å². The number of thioether (sulfide) groups is 1.